The van der Waals surface area contributed by atoms with Gasteiger partial charge >= 0.3 is 0 Å². The van der Waals surface area contributed by atoms with Crippen LogP contribution in [0.4, 0.5) is 0 Å². The second-order valence-corrected chi connectivity index (χ2v) is 7.45. The van der Waals surface area contributed by atoms with Gasteiger partial charge in [-0.25, -0.2) is 0 Å². The summed E-state index contributed by atoms with van der Waals surface area (Å²) in [5, 5.41) is 3.49. The second-order valence-electron chi connectivity index (χ2n) is 6.28. The molecule has 0 heterocycles. The molecular weight excluding hydrogens is 278 g/mol. The van der Waals surface area contributed by atoms with Gasteiger partial charge in [0.1, 0.15) is 0 Å². The zero-order chi connectivity index (χ0) is 15.6. The maximum atomic E-state index is 5.32. The number of hydrogen-bond donors (Lipinski definition) is 1. The molecule has 0 saturated carbocycles. The molecule has 0 amide bonds. The fraction of sp³-hybridized carbons (Fsp3) is 0.667. The van der Waals surface area contributed by atoms with Gasteiger partial charge in [0.15, 0.2) is 0 Å². The molecule has 3 heteroatoms. The van der Waals surface area contributed by atoms with Gasteiger partial charge in [0.2, 0.25) is 0 Å². The fourth-order valence-corrected chi connectivity index (χ4v) is 2.83. The van der Waals surface area contributed by atoms with Crippen LogP contribution in [-0.2, 0) is 10.2 Å². The van der Waals surface area contributed by atoms with E-state index in [1.807, 2.05) is 18.7 Å². The summed E-state index contributed by atoms with van der Waals surface area (Å²) in [6.07, 6.45) is 2.35. The van der Waals surface area contributed by atoms with Crippen molar-refractivity contribution in [3.8, 4) is 0 Å². The second kappa shape index (κ2) is 10.3. The molecule has 0 aliphatic carbocycles. The zero-order valence-electron chi connectivity index (χ0n) is 14.1. The molecule has 0 atom stereocenters. The molecule has 0 radical (unpaired) electrons. The van der Waals surface area contributed by atoms with Crippen molar-refractivity contribution in [3.05, 3.63) is 29.8 Å². The quantitative estimate of drug-likeness (QED) is 0.508. The van der Waals surface area contributed by atoms with Crippen LogP contribution in [0.2, 0.25) is 0 Å². The highest BCUT2D eigenvalue weighted by molar-refractivity contribution is 7.99. The maximum Gasteiger partial charge on any atom is 0.0466 e. The van der Waals surface area contributed by atoms with Crippen molar-refractivity contribution < 1.29 is 4.74 Å². The van der Waals surface area contributed by atoms with Crippen LogP contribution in [0.1, 0.15) is 46.1 Å². The molecule has 0 aromatic heterocycles. The summed E-state index contributed by atoms with van der Waals surface area (Å²) in [7, 11) is 0. The van der Waals surface area contributed by atoms with E-state index < -0.39 is 0 Å². The Hall–Kier alpha value is -0.510. The third-order valence-electron chi connectivity index (χ3n) is 3.36. The van der Waals surface area contributed by atoms with Crippen LogP contribution in [0, 0.1) is 0 Å². The van der Waals surface area contributed by atoms with E-state index in [2.05, 4.69) is 50.4 Å². The fourth-order valence-electron chi connectivity index (χ4n) is 2.02. The van der Waals surface area contributed by atoms with Crippen molar-refractivity contribution in [1.29, 1.82) is 0 Å². The Morgan fingerprint density at radius 1 is 1.05 bits per heavy atom. The molecule has 1 N–H and O–H groups in total. The van der Waals surface area contributed by atoms with Crippen LogP contribution in [0.3, 0.4) is 0 Å². The molecule has 1 aromatic rings. The summed E-state index contributed by atoms with van der Waals surface area (Å²) in [5.74, 6) is 1.13. The minimum atomic E-state index is 0.242. The van der Waals surface area contributed by atoms with Crippen LogP contribution < -0.4 is 5.32 Å². The Balaban J connectivity index is 2.08. The highest BCUT2D eigenvalue weighted by Gasteiger charge is 2.12. The molecular formula is C18H31NOS. The lowest BCUT2D eigenvalue weighted by Crippen LogP contribution is -2.18. The van der Waals surface area contributed by atoms with Crippen molar-refractivity contribution in [3.63, 3.8) is 0 Å². The molecule has 1 rings (SSSR count). The number of benzene rings is 1. The largest absolute Gasteiger partial charge is 0.382 e. The Kier molecular flexibility index (Phi) is 9.05. The van der Waals surface area contributed by atoms with E-state index in [0.717, 1.165) is 38.5 Å². The highest BCUT2D eigenvalue weighted by atomic mass is 32.2. The molecule has 21 heavy (non-hydrogen) atoms. The van der Waals surface area contributed by atoms with Crippen LogP contribution in [0.25, 0.3) is 0 Å². The van der Waals surface area contributed by atoms with E-state index >= 15 is 0 Å². The standard InChI is InChI=1S/C18H31NOS/c1-5-20-14-7-6-12-19-13-15-21-17-10-8-16(9-11-17)18(2,3)4/h8-11,19H,5-7,12-15H2,1-4H3. The molecule has 0 unspecified atom stereocenters. The number of nitrogens with one attached hydrogen (secondary N) is 1. The SMILES string of the molecule is CCOCCCCNCCSc1ccc(C(C)(C)C)cc1. The molecule has 0 saturated heterocycles. The molecule has 120 valence electrons. The predicted molar refractivity (Wildman–Crippen MR) is 94.5 cm³/mol. The lowest BCUT2D eigenvalue weighted by molar-refractivity contribution is 0.143. The van der Waals surface area contributed by atoms with Crippen molar-refractivity contribution in [2.24, 2.45) is 0 Å². The van der Waals surface area contributed by atoms with Gasteiger partial charge in [0.25, 0.3) is 0 Å². The van der Waals surface area contributed by atoms with E-state index in [0.29, 0.717) is 0 Å². The van der Waals surface area contributed by atoms with Crippen molar-refractivity contribution in [1.82, 2.24) is 5.32 Å². The number of unbranched alkanes of at least 4 members (excludes halogenated alkanes) is 1. The van der Waals surface area contributed by atoms with Crippen molar-refractivity contribution >= 4 is 11.8 Å². The third kappa shape index (κ3) is 8.50. The Bertz CT molecular complexity index is 370. The molecule has 2 nitrogen and oxygen atoms in total. The van der Waals surface area contributed by atoms with Crippen molar-refractivity contribution in [2.45, 2.75) is 50.8 Å². The topological polar surface area (TPSA) is 21.3 Å². The minimum Gasteiger partial charge on any atom is -0.382 e. The van der Waals surface area contributed by atoms with E-state index in [1.54, 1.807) is 0 Å². The first-order valence-corrected chi connectivity index (χ1v) is 9.04. The number of thioether (sulfide) groups is 1. The number of rotatable bonds is 10. The van der Waals surface area contributed by atoms with Gasteiger partial charge in [-0.3, -0.25) is 0 Å². The molecule has 0 fully saturated rings. The van der Waals surface area contributed by atoms with Crippen LogP contribution in [-0.4, -0.2) is 32.1 Å². The van der Waals surface area contributed by atoms with Crippen LogP contribution in [0.15, 0.2) is 29.2 Å². The molecule has 1 aromatic carbocycles. The summed E-state index contributed by atoms with van der Waals surface area (Å²) >= 11 is 1.92. The van der Waals surface area contributed by atoms with Gasteiger partial charge in [-0.1, -0.05) is 32.9 Å². The molecule has 0 bridgehead atoms. The molecule has 0 aliphatic rings. The van der Waals surface area contributed by atoms with Gasteiger partial charge in [-0.05, 0) is 49.4 Å². The Labute approximate surface area is 135 Å². The summed E-state index contributed by atoms with van der Waals surface area (Å²) in [5.41, 5.74) is 1.64. The van der Waals surface area contributed by atoms with Gasteiger partial charge in [-0.2, -0.15) is 0 Å². The van der Waals surface area contributed by atoms with Gasteiger partial charge in [0, 0.05) is 30.4 Å². The summed E-state index contributed by atoms with van der Waals surface area (Å²) in [6, 6.07) is 8.99. The summed E-state index contributed by atoms with van der Waals surface area (Å²) in [6.45, 7) is 12.7. The first kappa shape index (κ1) is 18.5. The van der Waals surface area contributed by atoms with E-state index in [9.17, 15) is 0 Å². The van der Waals surface area contributed by atoms with Gasteiger partial charge < -0.3 is 10.1 Å². The lowest BCUT2D eigenvalue weighted by atomic mass is 9.87. The van der Waals surface area contributed by atoms with Crippen molar-refractivity contribution in [2.75, 3.05) is 32.1 Å². The minimum absolute atomic E-state index is 0.242. The number of hydrogen-bond acceptors (Lipinski definition) is 3. The zero-order valence-corrected chi connectivity index (χ0v) is 14.9. The Morgan fingerprint density at radius 3 is 2.38 bits per heavy atom. The smallest absolute Gasteiger partial charge is 0.0466 e. The van der Waals surface area contributed by atoms with Gasteiger partial charge in [-0.15, -0.1) is 11.8 Å². The first-order valence-electron chi connectivity index (χ1n) is 8.06. The highest BCUT2D eigenvalue weighted by Crippen LogP contribution is 2.25. The maximum absolute atomic E-state index is 5.32. The average molecular weight is 310 g/mol. The molecule has 0 spiro atoms. The average Bonchev–Trinajstić information content (AvgIpc) is 2.45. The first-order chi connectivity index (χ1) is 10.0. The van der Waals surface area contributed by atoms with Gasteiger partial charge in [0.05, 0.1) is 0 Å². The third-order valence-corrected chi connectivity index (χ3v) is 4.38. The molecule has 0 aliphatic heterocycles. The normalized spacial score (nSPS) is 11.8. The lowest BCUT2D eigenvalue weighted by Gasteiger charge is -2.19. The van der Waals surface area contributed by atoms with E-state index in [1.165, 1.54) is 16.9 Å². The van der Waals surface area contributed by atoms with E-state index in [4.69, 9.17) is 4.74 Å². The monoisotopic (exact) mass is 309 g/mol. The summed E-state index contributed by atoms with van der Waals surface area (Å²) in [4.78, 5) is 1.36. The van der Waals surface area contributed by atoms with Crippen LogP contribution in [0.5, 0.6) is 0 Å². The summed E-state index contributed by atoms with van der Waals surface area (Å²) < 4.78 is 5.32. The number of ether oxygens (including phenoxy) is 1. The van der Waals surface area contributed by atoms with Crippen LogP contribution >= 0.6 is 11.8 Å². The Morgan fingerprint density at radius 2 is 1.76 bits per heavy atom. The van der Waals surface area contributed by atoms with E-state index in [-0.39, 0.29) is 5.41 Å². The predicted octanol–water partition coefficient (Wildman–Crippen LogP) is 4.48.